The highest BCUT2D eigenvalue weighted by Crippen LogP contribution is 2.58. The fraction of sp³-hybridized carbons (Fsp3) is 0.268. The van der Waals surface area contributed by atoms with Crippen LogP contribution in [0.5, 0.6) is 0 Å². The van der Waals surface area contributed by atoms with Gasteiger partial charge in [-0.1, -0.05) is 279 Å². The van der Waals surface area contributed by atoms with E-state index in [0.29, 0.717) is 35.5 Å². The van der Waals surface area contributed by atoms with Gasteiger partial charge in [0.05, 0.1) is 16.8 Å². The molecular formula is C71H73B2NSi. The van der Waals surface area contributed by atoms with Crippen molar-refractivity contribution in [1.82, 2.24) is 0 Å². The summed E-state index contributed by atoms with van der Waals surface area (Å²) >= 11 is 0. The SMILES string of the molecule is CC(C)c1cc(C(C)C)c(B2c3ccccc3B(c3c(C(C)C)cc(C(C)C)cc3C(C)C)c3cc(N4c5ccccc5C5(c6ccccc64)c4ccccc4[Si]4(C=CC=C4)c4ccccc45)ccc32)c(C(C)C)c1. The van der Waals surface area contributed by atoms with Crippen LogP contribution in [0, 0.1) is 0 Å². The van der Waals surface area contributed by atoms with Crippen LogP contribution < -0.4 is 48.1 Å². The van der Waals surface area contributed by atoms with Crippen molar-refractivity contribution in [3.05, 3.63) is 243 Å². The summed E-state index contributed by atoms with van der Waals surface area (Å²) in [5, 5.41) is 2.97. The molecule has 12 rings (SSSR count). The summed E-state index contributed by atoms with van der Waals surface area (Å²) in [6, 6.07) is 65.4. The van der Waals surface area contributed by atoms with Crippen molar-refractivity contribution in [1.29, 1.82) is 0 Å². The summed E-state index contributed by atoms with van der Waals surface area (Å²) in [5.74, 6) is 2.26. The molecule has 0 saturated heterocycles. The third-order valence-electron chi connectivity index (χ3n) is 18.0. The van der Waals surface area contributed by atoms with Crippen LogP contribution in [-0.4, -0.2) is 21.5 Å². The molecule has 4 heterocycles. The van der Waals surface area contributed by atoms with Crippen molar-refractivity contribution in [3.63, 3.8) is 0 Å². The number of fused-ring (bicyclic) bond motifs is 12. The highest BCUT2D eigenvalue weighted by molar-refractivity contribution is 7.12. The number of hydrogen-bond donors (Lipinski definition) is 0. The smallest absolute Gasteiger partial charge is 0.240 e. The van der Waals surface area contributed by atoms with Crippen molar-refractivity contribution >= 4 is 81.7 Å². The topological polar surface area (TPSA) is 3.24 Å². The maximum absolute atomic E-state index is 2.66. The molecule has 8 aromatic carbocycles. The van der Waals surface area contributed by atoms with Crippen LogP contribution in [0.1, 0.15) is 174 Å². The molecule has 0 unspecified atom stereocenters. The molecule has 372 valence electrons. The van der Waals surface area contributed by atoms with Gasteiger partial charge in [0.1, 0.15) is 0 Å². The highest BCUT2D eigenvalue weighted by Gasteiger charge is 2.55. The molecule has 1 nitrogen and oxygen atoms in total. The van der Waals surface area contributed by atoms with Gasteiger partial charge in [0, 0.05) is 5.69 Å². The zero-order chi connectivity index (χ0) is 52.2. The van der Waals surface area contributed by atoms with E-state index >= 15 is 0 Å². The maximum Gasteiger partial charge on any atom is 0.240 e. The third kappa shape index (κ3) is 7.32. The van der Waals surface area contributed by atoms with Gasteiger partial charge in [-0.15, -0.1) is 0 Å². The van der Waals surface area contributed by atoms with E-state index in [1.54, 1.807) is 0 Å². The van der Waals surface area contributed by atoms with Crippen LogP contribution >= 0.6 is 0 Å². The minimum atomic E-state index is -2.36. The Morgan fingerprint density at radius 1 is 0.360 bits per heavy atom. The van der Waals surface area contributed by atoms with E-state index in [1.807, 2.05) is 0 Å². The summed E-state index contributed by atoms with van der Waals surface area (Å²) in [4.78, 5) is 2.64. The first kappa shape index (κ1) is 49.3. The number of hydrogen-bond acceptors (Lipinski definition) is 1. The first-order valence-electron chi connectivity index (χ1n) is 28.3. The van der Waals surface area contributed by atoms with Crippen molar-refractivity contribution in [2.45, 2.75) is 124 Å². The second kappa shape index (κ2) is 18.6. The van der Waals surface area contributed by atoms with E-state index in [4.69, 9.17) is 0 Å². The Kier molecular flexibility index (Phi) is 12.2. The van der Waals surface area contributed by atoms with Gasteiger partial charge >= 0.3 is 0 Å². The molecule has 0 aliphatic carbocycles. The van der Waals surface area contributed by atoms with Crippen LogP contribution in [0.4, 0.5) is 17.1 Å². The van der Waals surface area contributed by atoms with Gasteiger partial charge in [-0.05, 0) is 126 Å². The number of benzene rings is 8. The summed E-state index contributed by atoms with van der Waals surface area (Å²) in [7, 11) is -2.36. The number of allylic oxidation sites excluding steroid dienone is 2. The second-order valence-electron chi connectivity index (χ2n) is 24.3. The van der Waals surface area contributed by atoms with Crippen molar-refractivity contribution in [2.75, 3.05) is 4.90 Å². The monoisotopic (exact) mass is 990 g/mol. The molecule has 0 amide bonds. The zero-order valence-corrected chi connectivity index (χ0v) is 47.5. The van der Waals surface area contributed by atoms with Crippen LogP contribution in [-0.2, 0) is 5.41 Å². The molecule has 0 fully saturated rings. The highest BCUT2D eigenvalue weighted by atomic mass is 28.3. The maximum atomic E-state index is 2.66. The lowest BCUT2D eigenvalue weighted by atomic mass is 9.20. The molecule has 0 radical (unpaired) electrons. The number of para-hydroxylation sites is 2. The average Bonchev–Trinajstić information content (AvgIpc) is 4.07. The van der Waals surface area contributed by atoms with Gasteiger partial charge in [0.2, 0.25) is 13.4 Å². The van der Waals surface area contributed by atoms with Gasteiger partial charge in [0.25, 0.3) is 0 Å². The van der Waals surface area contributed by atoms with E-state index in [2.05, 4.69) is 275 Å². The molecule has 4 aliphatic heterocycles. The standard InChI is InChI=1S/C71H73B2NSi/c1-44(2)50-39-53(46(5)6)69(54(40-50)47(7)8)72-61-29-17-18-30-62(61)73(70-55(48(9)10)41-51(45(3)4)42-56(70)49(11)12)64-43-52(35-36-63(64)72)74-65-31-19-13-25-57(65)71(58-26-14-20-32-66(58)74)59-27-15-21-33-67(59)75(37-23-24-38-75)68-34-22-16-28-60(68)71/h13-49H,1-12H3. The normalized spacial score (nSPS) is 15.4. The second-order valence-corrected chi connectivity index (χ2v) is 27.7. The van der Waals surface area contributed by atoms with E-state index < -0.39 is 13.5 Å². The molecule has 0 atom stereocenters. The summed E-state index contributed by atoms with van der Waals surface area (Å²) in [6.45, 7) is 28.9. The lowest BCUT2D eigenvalue weighted by Crippen LogP contribution is -2.76. The predicted octanol–water partition coefficient (Wildman–Crippen LogP) is 13.0. The van der Waals surface area contributed by atoms with Crippen molar-refractivity contribution in [3.8, 4) is 0 Å². The Morgan fingerprint density at radius 3 is 1.13 bits per heavy atom. The molecule has 75 heavy (non-hydrogen) atoms. The number of anilines is 3. The molecule has 4 aliphatic rings. The molecule has 0 saturated carbocycles. The van der Waals surface area contributed by atoms with E-state index in [-0.39, 0.29) is 13.4 Å². The summed E-state index contributed by atoms with van der Waals surface area (Å²) < 4.78 is 0. The zero-order valence-electron chi connectivity index (χ0n) is 46.5. The van der Waals surface area contributed by atoms with E-state index in [1.165, 1.54) is 116 Å². The van der Waals surface area contributed by atoms with E-state index in [0.717, 1.165) is 0 Å². The molecular weight excluding hydrogens is 916 g/mol. The number of nitrogens with zero attached hydrogens (tertiary/aromatic N) is 1. The van der Waals surface area contributed by atoms with Gasteiger partial charge in [-0.2, -0.15) is 0 Å². The average molecular weight is 990 g/mol. The Balaban J connectivity index is 1.18. The van der Waals surface area contributed by atoms with Crippen molar-refractivity contribution < 1.29 is 0 Å². The fourth-order valence-corrected chi connectivity index (χ4v) is 18.6. The number of rotatable bonds is 9. The predicted molar refractivity (Wildman–Crippen MR) is 329 cm³/mol. The molecule has 2 spiro atoms. The third-order valence-corrected chi connectivity index (χ3v) is 22.1. The lowest BCUT2D eigenvalue weighted by Gasteiger charge is -2.52. The van der Waals surface area contributed by atoms with E-state index in [9.17, 15) is 0 Å². The Bertz CT molecular complexity index is 3460. The quantitative estimate of drug-likeness (QED) is 0.130. The van der Waals surface area contributed by atoms with Gasteiger partial charge in [0.15, 0.2) is 8.07 Å². The molecule has 0 N–H and O–H groups in total. The van der Waals surface area contributed by atoms with Gasteiger partial charge in [-0.3, -0.25) is 0 Å². The minimum Gasteiger partial charge on any atom is -0.310 e. The van der Waals surface area contributed by atoms with Crippen LogP contribution in [0.2, 0.25) is 0 Å². The minimum absolute atomic E-state index is 0.0238. The Labute approximate surface area is 451 Å². The van der Waals surface area contributed by atoms with Crippen LogP contribution in [0.15, 0.2) is 187 Å². The summed E-state index contributed by atoms with van der Waals surface area (Å²) in [6.07, 6.45) is 4.60. The van der Waals surface area contributed by atoms with Gasteiger partial charge in [-0.25, -0.2) is 0 Å². The van der Waals surface area contributed by atoms with Crippen LogP contribution in [0.3, 0.4) is 0 Å². The lowest BCUT2D eigenvalue weighted by molar-refractivity contribution is 0.736. The molecule has 0 aromatic heterocycles. The van der Waals surface area contributed by atoms with Gasteiger partial charge < -0.3 is 4.90 Å². The molecule has 4 heteroatoms. The summed E-state index contributed by atoms with van der Waals surface area (Å²) in [5.41, 5.74) is 31.3. The Hall–Kier alpha value is -6.61. The first-order chi connectivity index (χ1) is 36.2. The Morgan fingerprint density at radius 2 is 0.720 bits per heavy atom. The molecule has 8 aromatic rings. The fourth-order valence-electron chi connectivity index (χ4n) is 14.5. The van der Waals surface area contributed by atoms with Crippen LogP contribution in [0.25, 0.3) is 0 Å². The molecule has 0 bridgehead atoms. The first-order valence-corrected chi connectivity index (χ1v) is 30.5. The van der Waals surface area contributed by atoms with Crippen molar-refractivity contribution in [2.24, 2.45) is 0 Å². The largest absolute Gasteiger partial charge is 0.310 e.